The average Bonchev–Trinajstić information content (AvgIpc) is 2.38. The van der Waals surface area contributed by atoms with E-state index < -0.39 is 18.0 Å². The number of rotatable bonds is 1. The van der Waals surface area contributed by atoms with Crippen molar-refractivity contribution in [3.63, 3.8) is 0 Å². The van der Waals surface area contributed by atoms with Gasteiger partial charge in [-0.3, -0.25) is 4.79 Å². The Kier molecular flexibility index (Phi) is 4.38. The summed E-state index contributed by atoms with van der Waals surface area (Å²) < 4.78 is 38.1. The summed E-state index contributed by atoms with van der Waals surface area (Å²) in [4.78, 5) is 13.8. The molecule has 0 aromatic rings. The fraction of sp³-hybridized carbons (Fsp3) is 0.923. The fourth-order valence-corrected chi connectivity index (χ4v) is 3.06. The van der Waals surface area contributed by atoms with E-state index in [9.17, 15) is 23.1 Å². The van der Waals surface area contributed by atoms with E-state index in [1.165, 1.54) is 0 Å². The third kappa shape index (κ3) is 3.61. The maximum absolute atomic E-state index is 12.7. The maximum Gasteiger partial charge on any atom is 0.391 e. The molecule has 2 atom stereocenters. The highest BCUT2D eigenvalue weighted by Gasteiger charge is 2.44. The molecule has 19 heavy (non-hydrogen) atoms. The van der Waals surface area contributed by atoms with Crippen LogP contribution in [0.25, 0.3) is 0 Å². The number of carbonyl (C=O) groups is 1. The van der Waals surface area contributed by atoms with Crippen LogP contribution in [0.5, 0.6) is 0 Å². The molecule has 0 radical (unpaired) electrons. The monoisotopic (exact) mass is 279 g/mol. The van der Waals surface area contributed by atoms with Crippen LogP contribution in [-0.4, -0.2) is 41.3 Å². The van der Waals surface area contributed by atoms with Crippen LogP contribution in [0.15, 0.2) is 0 Å². The second-order valence-electron chi connectivity index (χ2n) is 5.66. The van der Waals surface area contributed by atoms with E-state index in [4.69, 9.17) is 0 Å². The van der Waals surface area contributed by atoms with Crippen LogP contribution < -0.4 is 0 Å². The molecule has 2 fully saturated rings. The molecule has 1 saturated heterocycles. The van der Waals surface area contributed by atoms with E-state index in [1.807, 2.05) is 0 Å². The number of likely N-dealkylation sites (tertiary alicyclic amines) is 1. The minimum Gasteiger partial charge on any atom is -0.393 e. The lowest BCUT2D eigenvalue weighted by atomic mass is 9.80. The predicted molar refractivity (Wildman–Crippen MR) is 63.3 cm³/mol. The SMILES string of the molecule is O=C(C1CCCC(C(F)(F)F)C1)N1CCC(O)CC1. The van der Waals surface area contributed by atoms with Gasteiger partial charge in [0, 0.05) is 19.0 Å². The lowest BCUT2D eigenvalue weighted by molar-refractivity contribution is -0.187. The summed E-state index contributed by atoms with van der Waals surface area (Å²) in [5.41, 5.74) is 0. The Morgan fingerprint density at radius 2 is 1.74 bits per heavy atom. The zero-order valence-electron chi connectivity index (χ0n) is 10.8. The lowest BCUT2D eigenvalue weighted by Crippen LogP contribution is -2.45. The minimum atomic E-state index is -4.18. The van der Waals surface area contributed by atoms with Gasteiger partial charge in [0.05, 0.1) is 12.0 Å². The van der Waals surface area contributed by atoms with Crippen LogP contribution in [0.4, 0.5) is 13.2 Å². The van der Waals surface area contributed by atoms with Crippen LogP contribution in [0.2, 0.25) is 0 Å². The molecule has 0 bridgehead atoms. The zero-order valence-corrected chi connectivity index (χ0v) is 10.8. The summed E-state index contributed by atoms with van der Waals surface area (Å²) in [6.45, 7) is 0.931. The van der Waals surface area contributed by atoms with Crippen LogP contribution in [0.1, 0.15) is 38.5 Å². The third-order valence-corrected chi connectivity index (χ3v) is 4.26. The Morgan fingerprint density at radius 3 is 2.32 bits per heavy atom. The highest BCUT2D eigenvalue weighted by atomic mass is 19.4. The van der Waals surface area contributed by atoms with E-state index in [2.05, 4.69) is 0 Å². The van der Waals surface area contributed by atoms with Crippen LogP contribution in [0, 0.1) is 11.8 Å². The maximum atomic E-state index is 12.7. The van der Waals surface area contributed by atoms with Gasteiger partial charge in [0.2, 0.25) is 5.91 Å². The summed E-state index contributed by atoms with van der Waals surface area (Å²) in [5, 5.41) is 9.38. The quantitative estimate of drug-likeness (QED) is 0.800. The second-order valence-corrected chi connectivity index (χ2v) is 5.66. The largest absolute Gasteiger partial charge is 0.393 e. The van der Waals surface area contributed by atoms with Crippen molar-refractivity contribution in [2.24, 2.45) is 11.8 Å². The average molecular weight is 279 g/mol. The molecule has 1 N–H and O–H groups in total. The standard InChI is InChI=1S/C13H20F3NO2/c14-13(15,16)10-3-1-2-9(8-10)12(19)17-6-4-11(18)5-7-17/h9-11,18H,1-8H2. The van der Waals surface area contributed by atoms with Gasteiger partial charge in [-0.25, -0.2) is 0 Å². The number of piperidine rings is 1. The first-order valence-corrected chi connectivity index (χ1v) is 6.91. The first kappa shape index (κ1) is 14.6. The molecular weight excluding hydrogens is 259 g/mol. The van der Waals surface area contributed by atoms with E-state index in [0.717, 1.165) is 0 Å². The molecule has 1 aliphatic carbocycles. The molecule has 2 unspecified atom stereocenters. The Hall–Kier alpha value is -0.780. The van der Waals surface area contributed by atoms with Gasteiger partial charge >= 0.3 is 6.18 Å². The predicted octanol–water partition coefficient (Wildman–Crippen LogP) is 2.34. The topological polar surface area (TPSA) is 40.5 Å². The number of nitrogens with zero attached hydrogens (tertiary/aromatic N) is 1. The molecule has 1 aliphatic heterocycles. The van der Waals surface area contributed by atoms with E-state index in [1.54, 1.807) is 4.90 Å². The number of alkyl halides is 3. The summed E-state index contributed by atoms with van der Waals surface area (Å²) in [6.07, 6.45) is -2.40. The number of amides is 1. The van der Waals surface area contributed by atoms with Crippen LogP contribution in [0.3, 0.4) is 0 Å². The minimum absolute atomic E-state index is 0.0681. The molecule has 6 heteroatoms. The Labute approximate surface area is 110 Å². The zero-order chi connectivity index (χ0) is 14.0. The van der Waals surface area contributed by atoms with Crippen molar-refractivity contribution in [1.82, 2.24) is 4.90 Å². The molecule has 0 spiro atoms. The second kappa shape index (κ2) is 5.69. The van der Waals surface area contributed by atoms with E-state index >= 15 is 0 Å². The Bertz CT molecular complexity index is 324. The summed E-state index contributed by atoms with van der Waals surface area (Å²) in [7, 11) is 0. The van der Waals surface area contributed by atoms with Gasteiger partial charge in [0.25, 0.3) is 0 Å². The van der Waals surface area contributed by atoms with Gasteiger partial charge in [0.15, 0.2) is 0 Å². The van der Waals surface area contributed by atoms with E-state index in [-0.39, 0.29) is 24.9 Å². The Balaban J connectivity index is 1.92. The Morgan fingerprint density at radius 1 is 1.11 bits per heavy atom. The normalized spacial score (nSPS) is 30.4. The van der Waals surface area contributed by atoms with Gasteiger partial charge in [0.1, 0.15) is 0 Å². The van der Waals surface area contributed by atoms with Crippen molar-refractivity contribution < 1.29 is 23.1 Å². The number of aliphatic hydroxyl groups excluding tert-OH is 1. The van der Waals surface area contributed by atoms with Crippen molar-refractivity contribution >= 4 is 5.91 Å². The van der Waals surface area contributed by atoms with Gasteiger partial charge in [-0.15, -0.1) is 0 Å². The summed E-state index contributed by atoms with van der Waals surface area (Å²) in [5.74, 6) is -1.97. The first-order valence-electron chi connectivity index (χ1n) is 6.91. The molecule has 110 valence electrons. The van der Waals surface area contributed by atoms with Gasteiger partial charge in [-0.2, -0.15) is 13.2 Å². The molecule has 2 rings (SSSR count). The highest BCUT2D eigenvalue weighted by Crippen LogP contribution is 2.40. The number of hydrogen-bond acceptors (Lipinski definition) is 2. The van der Waals surface area contributed by atoms with Crippen LogP contribution in [-0.2, 0) is 4.79 Å². The molecule has 2 aliphatic rings. The summed E-state index contributed by atoms with van der Waals surface area (Å²) >= 11 is 0. The van der Waals surface area contributed by atoms with Crippen molar-refractivity contribution in [2.75, 3.05) is 13.1 Å². The van der Waals surface area contributed by atoms with Crippen LogP contribution >= 0.6 is 0 Å². The van der Waals surface area contributed by atoms with Gasteiger partial charge in [-0.05, 0) is 32.1 Å². The van der Waals surface area contributed by atoms with Gasteiger partial charge in [-0.1, -0.05) is 6.42 Å². The summed E-state index contributed by atoms with van der Waals surface area (Å²) in [6, 6.07) is 0. The number of carbonyl (C=O) groups excluding carboxylic acids is 1. The molecule has 3 nitrogen and oxygen atoms in total. The number of aliphatic hydroxyl groups is 1. The molecule has 1 heterocycles. The smallest absolute Gasteiger partial charge is 0.391 e. The van der Waals surface area contributed by atoms with Crippen molar-refractivity contribution in [3.05, 3.63) is 0 Å². The molecular formula is C13H20F3NO2. The third-order valence-electron chi connectivity index (χ3n) is 4.26. The van der Waals surface area contributed by atoms with Crippen molar-refractivity contribution in [2.45, 2.75) is 50.8 Å². The van der Waals surface area contributed by atoms with Crippen molar-refractivity contribution in [3.8, 4) is 0 Å². The molecule has 0 aromatic carbocycles. The highest BCUT2D eigenvalue weighted by molar-refractivity contribution is 5.79. The number of hydrogen-bond donors (Lipinski definition) is 1. The lowest BCUT2D eigenvalue weighted by Gasteiger charge is -2.36. The van der Waals surface area contributed by atoms with Crippen molar-refractivity contribution in [1.29, 1.82) is 0 Å². The molecule has 1 amide bonds. The first-order chi connectivity index (χ1) is 8.88. The number of halogens is 3. The molecule has 0 aromatic heterocycles. The van der Waals surface area contributed by atoms with Gasteiger partial charge < -0.3 is 10.0 Å². The molecule has 1 saturated carbocycles. The van der Waals surface area contributed by atoms with E-state index in [0.29, 0.717) is 38.8 Å². The fourth-order valence-electron chi connectivity index (χ4n) is 3.06.